The maximum Gasteiger partial charge on any atom is 0.318 e. The van der Waals surface area contributed by atoms with Crippen LogP contribution in [0, 0.1) is 13.8 Å². The number of nitrogens with one attached hydrogen (secondary N) is 1. The van der Waals surface area contributed by atoms with Crippen LogP contribution in [-0.4, -0.2) is 27.2 Å². The van der Waals surface area contributed by atoms with Gasteiger partial charge < -0.3 is 5.73 Å². The van der Waals surface area contributed by atoms with Gasteiger partial charge in [0.15, 0.2) is 5.16 Å². The zero-order valence-corrected chi connectivity index (χ0v) is 14.1. The van der Waals surface area contributed by atoms with E-state index in [0.29, 0.717) is 21.9 Å². The summed E-state index contributed by atoms with van der Waals surface area (Å²) >= 11 is 2.56. The van der Waals surface area contributed by atoms with Crippen molar-refractivity contribution in [2.75, 3.05) is 5.75 Å². The maximum atomic E-state index is 12.6. The van der Waals surface area contributed by atoms with E-state index in [2.05, 4.69) is 4.98 Å². The summed E-state index contributed by atoms with van der Waals surface area (Å²) in [5.41, 5.74) is 5.73. The number of thioether (sulfide) groups is 1. The zero-order valence-electron chi connectivity index (χ0n) is 12.4. The second-order valence-corrected chi connectivity index (χ2v) is 6.75. The third-order valence-electron chi connectivity index (χ3n) is 3.17. The predicted molar refractivity (Wildman–Crippen MR) is 87.5 cm³/mol. The van der Waals surface area contributed by atoms with E-state index in [9.17, 15) is 14.4 Å². The Labute approximate surface area is 134 Å². The first-order valence-electron chi connectivity index (χ1n) is 6.57. The number of primary amides is 1. The number of carbonyl (C=O) groups excluding carboxylic acids is 2. The fraction of sp³-hybridized carbons (Fsp3) is 0.385. The van der Waals surface area contributed by atoms with Crippen LogP contribution in [0.1, 0.15) is 17.4 Å². The highest BCUT2D eigenvalue weighted by Crippen LogP contribution is 2.28. The van der Waals surface area contributed by atoms with Crippen molar-refractivity contribution in [3.63, 3.8) is 0 Å². The van der Waals surface area contributed by atoms with Crippen molar-refractivity contribution < 1.29 is 9.59 Å². The monoisotopic (exact) mass is 340 g/mol. The zero-order chi connectivity index (χ0) is 16.4. The van der Waals surface area contributed by atoms with Crippen molar-refractivity contribution in [2.24, 2.45) is 5.73 Å². The van der Waals surface area contributed by atoms with Crippen molar-refractivity contribution in [1.29, 1.82) is 0 Å². The number of amides is 3. The number of thiophene rings is 1. The number of imide groups is 1. The van der Waals surface area contributed by atoms with E-state index in [1.165, 1.54) is 15.9 Å². The number of hydrogen-bond donors (Lipinski definition) is 2. The van der Waals surface area contributed by atoms with Crippen molar-refractivity contribution in [1.82, 2.24) is 14.9 Å². The summed E-state index contributed by atoms with van der Waals surface area (Å²) in [7, 11) is 0. The Morgan fingerprint density at radius 2 is 2.09 bits per heavy atom. The maximum absolute atomic E-state index is 12.6. The van der Waals surface area contributed by atoms with Crippen LogP contribution in [-0.2, 0) is 11.3 Å². The minimum Gasteiger partial charge on any atom is -0.351 e. The van der Waals surface area contributed by atoms with Gasteiger partial charge in [0.25, 0.3) is 5.56 Å². The van der Waals surface area contributed by atoms with Gasteiger partial charge in [-0.25, -0.2) is 9.78 Å². The first kappa shape index (κ1) is 16.5. The molecule has 2 heterocycles. The fourth-order valence-corrected chi connectivity index (χ4v) is 3.93. The minimum absolute atomic E-state index is 0.0375. The number of nitrogens with two attached hydrogens (primary N) is 1. The number of nitrogens with zero attached hydrogens (tertiary/aromatic N) is 2. The topological polar surface area (TPSA) is 107 Å². The van der Waals surface area contributed by atoms with Gasteiger partial charge in [0, 0.05) is 11.4 Å². The van der Waals surface area contributed by atoms with Crippen LogP contribution < -0.4 is 16.6 Å². The summed E-state index contributed by atoms with van der Waals surface area (Å²) in [5.74, 6) is -0.558. The molecular formula is C13H16N4O3S2. The van der Waals surface area contributed by atoms with E-state index in [4.69, 9.17) is 5.73 Å². The Kier molecular flexibility index (Phi) is 4.87. The Morgan fingerprint density at radius 1 is 1.41 bits per heavy atom. The van der Waals surface area contributed by atoms with Gasteiger partial charge in [-0.2, -0.15) is 0 Å². The summed E-state index contributed by atoms with van der Waals surface area (Å²) in [6, 6.07) is -0.897. The average molecular weight is 340 g/mol. The molecule has 0 aromatic carbocycles. The molecule has 0 atom stereocenters. The molecule has 3 N–H and O–H groups in total. The SMILES string of the molecule is CCn1c(SCC(=O)NC(N)=O)nc2sc(C)c(C)c2c1=O. The van der Waals surface area contributed by atoms with Gasteiger partial charge in [-0.3, -0.25) is 19.5 Å². The number of fused-ring (bicyclic) bond motifs is 1. The predicted octanol–water partition coefficient (Wildman–Crippen LogP) is 1.38. The highest BCUT2D eigenvalue weighted by Gasteiger charge is 2.17. The first-order chi connectivity index (χ1) is 10.3. The molecule has 2 aromatic heterocycles. The summed E-state index contributed by atoms with van der Waals surface area (Å²) in [6.07, 6.45) is 0. The molecule has 0 saturated heterocycles. The van der Waals surface area contributed by atoms with E-state index in [1.54, 1.807) is 0 Å². The first-order valence-corrected chi connectivity index (χ1v) is 8.38. The average Bonchev–Trinajstić information content (AvgIpc) is 2.71. The van der Waals surface area contributed by atoms with E-state index < -0.39 is 11.9 Å². The number of rotatable bonds is 4. The Bertz CT molecular complexity index is 810. The van der Waals surface area contributed by atoms with Crippen LogP contribution in [0.2, 0.25) is 0 Å². The molecule has 0 spiro atoms. The molecule has 7 nitrogen and oxygen atoms in total. The van der Waals surface area contributed by atoms with Crippen LogP contribution in [0.3, 0.4) is 0 Å². The molecule has 0 aliphatic heterocycles. The van der Waals surface area contributed by atoms with E-state index in [-0.39, 0.29) is 11.3 Å². The molecule has 9 heteroatoms. The lowest BCUT2D eigenvalue weighted by molar-refractivity contribution is -0.117. The highest BCUT2D eigenvalue weighted by molar-refractivity contribution is 7.99. The molecule has 0 aliphatic rings. The molecule has 0 saturated carbocycles. The molecule has 0 bridgehead atoms. The second kappa shape index (κ2) is 6.49. The third-order valence-corrected chi connectivity index (χ3v) is 5.24. The number of hydrogen-bond acceptors (Lipinski definition) is 6. The third kappa shape index (κ3) is 3.14. The highest BCUT2D eigenvalue weighted by atomic mass is 32.2. The quantitative estimate of drug-likeness (QED) is 0.646. The van der Waals surface area contributed by atoms with Crippen molar-refractivity contribution in [2.45, 2.75) is 32.5 Å². The van der Waals surface area contributed by atoms with Crippen molar-refractivity contribution >= 4 is 45.3 Å². The van der Waals surface area contributed by atoms with E-state index in [1.807, 2.05) is 26.1 Å². The Morgan fingerprint density at radius 3 is 2.68 bits per heavy atom. The largest absolute Gasteiger partial charge is 0.351 e. The van der Waals surface area contributed by atoms with E-state index >= 15 is 0 Å². The normalized spacial score (nSPS) is 10.9. The van der Waals surface area contributed by atoms with Crippen molar-refractivity contribution in [3.8, 4) is 0 Å². The van der Waals surface area contributed by atoms with Gasteiger partial charge in [0.05, 0.1) is 11.1 Å². The molecule has 3 amide bonds. The molecule has 2 rings (SSSR count). The summed E-state index contributed by atoms with van der Waals surface area (Å²) < 4.78 is 1.53. The summed E-state index contributed by atoms with van der Waals surface area (Å²) in [4.78, 5) is 40.9. The summed E-state index contributed by atoms with van der Waals surface area (Å²) in [6.45, 7) is 6.15. The van der Waals surface area contributed by atoms with Gasteiger partial charge >= 0.3 is 6.03 Å². The fourth-order valence-electron chi connectivity index (χ4n) is 2.00. The van der Waals surface area contributed by atoms with Gasteiger partial charge in [-0.1, -0.05) is 11.8 Å². The lowest BCUT2D eigenvalue weighted by atomic mass is 10.2. The van der Waals surface area contributed by atoms with Gasteiger partial charge in [0.1, 0.15) is 4.83 Å². The lowest BCUT2D eigenvalue weighted by Crippen LogP contribution is -2.36. The smallest absolute Gasteiger partial charge is 0.318 e. The molecule has 0 radical (unpaired) electrons. The molecule has 118 valence electrons. The molecular weight excluding hydrogens is 324 g/mol. The number of aryl methyl sites for hydroxylation is 2. The second-order valence-electron chi connectivity index (χ2n) is 4.61. The van der Waals surface area contributed by atoms with Crippen LogP contribution in [0.25, 0.3) is 10.2 Å². The lowest BCUT2D eigenvalue weighted by Gasteiger charge is -2.09. The molecule has 0 fully saturated rings. The van der Waals surface area contributed by atoms with Crippen LogP contribution in [0.4, 0.5) is 4.79 Å². The number of aromatic nitrogens is 2. The van der Waals surface area contributed by atoms with Crippen molar-refractivity contribution in [3.05, 3.63) is 20.8 Å². The summed E-state index contributed by atoms with van der Waals surface area (Å²) in [5, 5.41) is 3.08. The van der Waals surface area contributed by atoms with Gasteiger partial charge in [0.2, 0.25) is 5.91 Å². The molecule has 22 heavy (non-hydrogen) atoms. The van der Waals surface area contributed by atoms with Gasteiger partial charge in [-0.15, -0.1) is 11.3 Å². The molecule has 0 aliphatic carbocycles. The van der Waals surface area contributed by atoms with Crippen LogP contribution >= 0.6 is 23.1 Å². The standard InChI is InChI=1S/C13H16N4O3S2/c1-4-17-11(19)9-6(2)7(3)22-10(9)16-13(17)21-5-8(18)15-12(14)20/h4-5H2,1-3H3,(H3,14,15,18,20). The molecule has 2 aromatic rings. The molecule has 0 unspecified atom stereocenters. The minimum atomic E-state index is -0.897. The van der Waals surface area contributed by atoms with E-state index in [0.717, 1.165) is 22.2 Å². The van der Waals surface area contributed by atoms with Crippen LogP contribution in [0.5, 0.6) is 0 Å². The van der Waals surface area contributed by atoms with Gasteiger partial charge in [-0.05, 0) is 26.3 Å². The Hall–Kier alpha value is -1.87. The number of carbonyl (C=O) groups is 2. The Balaban J connectivity index is 2.39. The number of urea groups is 1. The van der Waals surface area contributed by atoms with Crippen LogP contribution in [0.15, 0.2) is 9.95 Å².